The van der Waals surface area contributed by atoms with Crippen molar-refractivity contribution >= 4 is 18.3 Å². The Morgan fingerprint density at radius 3 is 2.21 bits per heavy atom. The van der Waals surface area contributed by atoms with Gasteiger partial charge in [0.2, 0.25) is 6.29 Å². The molecule has 2 N–H and O–H groups in total. The molecule has 0 aliphatic rings. The minimum absolute atomic E-state index is 0.0627. The lowest BCUT2D eigenvalue weighted by Gasteiger charge is -2.20. The fraction of sp³-hybridized carbons (Fsp3) is 0.286. The highest BCUT2D eigenvalue weighted by atomic mass is 16.3. The molecule has 0 saturated heterocycles. The predicted octanol–water partition coefficient (Wildman–Crippen LogP) is -0.00710. The summed E-state index contributed by atoms with van der Waals surface area (Å²) in [5.41, 5.74) is 0.579. The second kappa shape index (κ2) is 8.18. The number of aliphatic hydroxyl groups excluding tert-OH is 2. The van der Waals surface area contributed by atoms with Gasteiger partial charge in [-0.15, -0.1) is 0 Å². The smallest absolute Gasteiger partial charge is 0.258 e. The van der Waals surface area contributed by atoms with Crippen molar-refractivity contribution in [1.29, 1.82) is 0 Å². The Morgan fingerprint density at radius 2 is 1.74 bits per heavy atom. The monoisotopic (exact) mass is 262 g/mol. The van der Waals surface area contributed by atoms with Crippen molar-refractivity contribution in [2.45, 2.75) is 0 Å². The van der Waals surface area contributed by atoms with E-state index in [2.05, 4.69) is 0 Å². The van der Waals surface area contributed by atoms with E-state index in [1.807, 2.05) is 6.07 Å². The molecule has 0 spiro atoms. The molecule has 1 rings (SSSR count). The Kier molecular flexibility index (Phi) is 6.49. The highest BCUT2D eigenvalue weighted by Gasteiger charge is 2.17. The largest absolute Gasteiger partial charge is 0.395 e. The summed E-state index contributed by atoms with van der Waals surface area (Å²) in [7, 11) is 0. The first-order chi connectivity index (χ1) is 9.22. The molecule has 0 aromatic heterocycles. The van der Waals surface area contributed by atoms with Gasteiger partial charge in [0.1, 0.15) is 0 Å². The van der Waals surface area contributed by atoms with Gasteiger partial charge in [-0.3, -0.25) is 9.59 Å². The second-order valence-electron chi connectivity index (χ2n) is 3.81. The van der Waals surface area contributed by atoms with Gasteiger partial charge in [-0.05, 0) is 11.6 Å². The van der Waals surface area contributed by atoms with Crippen LogP contribution in [-0.2, 0) is 9.59 Å². The van der Waals surface area contributed by atoms with E-state index in [4.69, 9.17) is 10.2 Å². The van der Waals surface area contributed by atoms with Crippen LogP contribution < -0.4 is 0 Å². The van der Waals surface area contributed by atoms with Crippen molar-refractivity contribution in [3.63, 3.8) is 0 Å². The molecule has 0 atom stereocenters. The van der Waals surface area contributed by atoms with E-state index in [9.17, 15) is 9.59 Å². The van der Waals surface area contributed by atoms with E-state index < -0.39 is 5.91 Å². The molecule has 1 radical (unpaired) electrons. The topological polar surface area (TPSA) is 77.8 Å². The van der Waals surface area contributed by atoms with Crippen molar-refractivity contribution in [3.8, 4) is 0 Å². The summed E-state index contributed by atoms with van der Waals surface area (Å²) >= 11 is 0. The lowest BCUT2D eigenvalue weighted by Crippen LogP contribution is -2.37. The second-order valence-corrected chi connectivity index (χ2v) is 3.81. The van der Waals surface area contributed by atoms with Crippen LogP contribution in [0.4, 0.5) is 0 Å². The molecule has 0 aliphatic heterocycles. The molecule has 0 unspecified atom stereocenters. The third-order valence-corrected chi connectivity index (χ3v) is 2.48. The molecule has 1 aromatic carbocycles. The Labute approximate surface area is 111 Å². The van der Waals surface area contributed by atoms with Crippen molar-refractivity contribution in [2.75, 3.05) is 26.3 Å². The summed E-state index contributed by atoms with van der Waals surface area (Å²) in [4.78, 5) is 24.1. The summed E-state index contributed by atoms with van der Waals surface area (Å²) in [6.45, 7) is -0.340. The first kappa shape index (κ1) is 15.1. The molecule has 19 heavy (non-hydrogen) atoms. The number of hydrogen-bond donors (Lipinski definition) is 2. The third-order valence-electron chi connectivity index (χ3n) is 2.48. The molecular weight excluding hydrogens is 246 g/mol. The summed E-state index contributed by atoms with van der Waals surface area (Å²) < 4.78 is 0. The fourth-order valence-electron chi connectivity index (χ4n) is 1.58. The minimum Gasteiger partial charge on any atom is -0.395 e. The predicted molar refractivity (Wildman–Crippen MR) is 70.9 cm³/mol. The van der Waals surface area contributed by atoms with Crippen LogP contribution in [0, 0.1) is 0 Å². The molecule has 0 fully saturated rings. The third kappa shape index (κ3) is 4.65. The number of rotatable bonds is 7. The molecule has 0 heterocycles. The molecule has 5 nitrogen and oxygen atoms in total. The van der Waals surface area contributed by atoms with Crippen molar-refractivity contribution < 1.29 is 19.8 Å². The Hall–Kier alpha value is -1.98. The van der Waals surface area contributed by atoms with Crippen LogP contribution in [0.15, 0.2) is 35.9 Å². The maximum Gasteiger partial charge on any atom is 0.258 e. The number of aliphatic hydroxyl groups is 2. The van der Waals surface area contributed by atoms with E-state index >= 15 is 0 Å². The highest BCUT2D eigenvalue weighted by molar-refractivity contribution is 6.14. The molecule has 1 amide bonds. The zero-order valence-corrected chi connectivity index (χ0v) is 10.5. The van der Waals surface area contributed by atoms with Crippen LogP contribution >= 0.6 is 0 Å². The molecule has 1 aromatic rings. The Bertz CT molecular complexity index is 436. The Morgan fingerprint density at radius 1 is 1.16 bits per heavy atom. The first-order valence-electron chi connectivity index (χ1n) is 5.88. The molecule has 0 bridgehead atoms. The van der Waals surface area contributed by atoms with Gasteiger partial charge in [0.15, 0.2) is 0 Å². The molecular formula is C14H16NO4. The van der Waals surface area contributed by atoms with E-state index in [1.165, 1.54) is 11.0 Å². The lowest BCUT2D eigenvalue weighted by molar-refractivity contribution is -0.127. The molecule has 0 aliphatic carbocycles. The fourth-order valence-corrected chi connectivity index (χ4v) is 1.58. The van der Waals surface area contributed by atoms with E-state index in [1.54, 1.807) is 30.6 Å². The SMILES string of the molecule is O=[C]C(=Cc1ccccc1)C(=O)N(CCO)CCO. The zero-order chi connectivity index (χ0) is 14.1. The van der Waals surface area contributed by atoms with E-state index in [-0.39, 0.29) is 31.9 Å². The van der Waals surface area contributed by atoms with Crippen molar-refractivity contribution in [2.24, 2.45) is 0 Å². The quantitative estimate of drug-likeness (QED) is 0.412. The molecule has 5 heteroatoms. The van der Waals surface area contributed by atoms with Gasteiger partial charge in [0, 0.05) is 13.1 Å². The van der Waals surface area contributed by atoms with Gasteiger partial charge in [-0.2, -0.15) is 0 Å². The number of amides is 1. The summed E-state index contributed by atoms with van der Waals surface area (Å²) in [6.07, 6.45) is 3.03. The number of nitrogens with zero attached hydrogens (tertiary/aromatic N) is 1. The maximum atomic E-state index is 12.0. The van der Waals surface area contributed by atoms with Gasteiger partial charge in [-0.1, -0.05) is 30.3 Å². The number of carbonyl (C=O) groups excluding carboxylic acids is 2. The highest BCUT2D eigenvalue weighted by Crippen LogP contribution is 2.08. The van der Waals surface area contributed by atoms with Gasteiger partial charge >= 0.3 is 0 Å². The van der Waals surface area contributed by atoms with Gasteiger partial charge < -0.3 is 15.1 Å². The lowest BCUT2D eigenvalue weighted by atomic mass is 10.1. The summed E-state index contributed by atoms with van der Waals surface area (Å²) in [6, 6.07) is 8.92. The first-order valence-corrected chi connectivity index (χ1v) is 5.88. The van der Waals surface area contributed by atoms with Gasteiger partial charge in [0.25, 0.3) is 5.91 Å². The van der Waals surface area contributed by atoms with Crippen molar-refractivity contribution in [1.82, 2.24) is 4.90 Å². The van der Waals surface area contributed by atoms with Crippen LogP contribution in [-0.4, -0.2) is 53.6 Å². The van der Waals surface area contributed by atoms with Gasteiger partial charge in [0.05, 0.1) is 18.8 Å². The molecule has 101 valence electrons. The van der Waals surface area contributed by atoms with Crippen LogP contribution in [0.3, 0.4) is 0 Å². The van der Waals surface area contributed by atoms with Crippen LogP contribution in [0.2, 0.25) is 0 Å². The minimum atomic E-state index is -0.554. The summed E-state index contributed by atoms with van der Waals surface area (Å²) in [5.74, 6) is -0.554. The Balaban J connectivity index is 2.92. The standard InChI is InChI=1S/C14H16NO4/c16-8-6-15(7-9-17)14(19)13(11-18)10-12-4-2-1-3-5-12/h1-5,10,16-17H,6-9H2. The number of hydrogen-bond acceptors (Lipinski definition) is 4. The normalized spacial score (nSPS) is 11.2. The summed E-state index contributed by atoms with van der Waals surface area (Å²) in [5, 5.41) is 17.7. The maximum absolute atomic E-state index is 12.0. The van der Waals surface area contributed by atoms with E-state index in [0.717, 1.165) is 0 Å². The number of carbonyl (C=O) groups is 1. The van der Waals surface area contributed by atoms with Crippen molar-refractivity contribution in [3.05, 3.63) is 41.5 Å². The van der Waals surface area contributed by atoms with Crippen LogP contribution in [0.5, 0.6) is 0 Å². The van der Waals surface area contributed by atoms with E-state index in [0.29, 0.717) is 5.56 Å². The zero-order valence-electron chi connectivity index (χ0n) is 10.5. The van der Waals surface area contributed by atoms with Crippen LogP contribution in [0.25, 0.3) is 6.08 Å². The molecule has 0 saturated carbocycles. The number of benzene rings is 1. The average Bonchev–Trinajstić information content (AvgIpc) is 2.45. The average molecular weight is 262 g/mol. The van der Waals surface area contributed by atoms with Gasteiger partial charge in [-0.25, -0.2) is 0 Å². The van der Waals surface area contributed by atoms with Crippen LogP contribution in [0.1, 0.15) is 5.56 Å².